The van der Waals surface area contributed by atoms with Gasteiger partial charge in [0.1, 0.15) is 0 Å². The average Bonchev–Trinajstić information content (AvgIpc) is 2.33. The molecule has 0 saturated carbocycles. The van der Waals surface area contributed by atoms with E-state index >= 15 is 0 Å². The molecule has 4 heteroatoms. The number of benzene rings is 1. The van der Waals surface area contributed by atoms with Crippen LogP contribution in [-0.2, 0) is 6.42 Å². The van der Waals surface area contributed by atoms with Crippen molar-refractivity contribution in [1.82, 2.24) is 9.97 Å². The Morgan fingerprint density at radius 2 is 1.75 bits per heavy atom. The van der Waals surface area contributed by atoms with Gasteiger partial charge >= 0.3 is 0 Å². The Labute approximate surface area is 94.5 Å². The van der Waals surface area contributed by atoms with Crippen molar-refractivity contribution in [2.45, 2.75) is 6.42 Å². The lowest BCUT2D eigenvalue weighted by molar-refractivity contribution is 0.943. The predicted molar refractivity (Wildman–Crippen MR) is 64.5 cm³/mol. The molecule has 0 unspecified atom stereocenters. The Morgan fingerprint density at radius 1 is 1.06 bits per heavy atom. The predicted octanol–water partition coefficient (Wildman–Crippen LogP) is 1.72. The molecule has 3 N–H and O–H groups in total. The van der Waals surface area contributed by atoms with Crippen LogP contribution in [0.3, 0.4) is 0 Å². The van der Waals surface area contributed by atoms with Crippen LogP contribution in [0.1, 0.15) is 5.56 Å². The van der Waals surface area contributed by atoms with E-state index in [2.05, 4.69) is 15.3 Å². The monoisotopic (exact) mass is 214 g/mol. The van der Waals surface area contributed by atoms with E-state index in [9.17, 15) is 0 Å². The highest BCUT2D eigenvalue weighted by atomic mass is 15.1. The Kier molecular flexibility index (Phi) is 3.46. The maximum Gasteiger partial charge on any atom is 0.227 e. The Morgan fingerprint density at radius 3 is 2.38 bits per heavy atom. The van der Waals surface area contributed by atoms with Crippen LogP contribution in [0.4, 0.5) is 11.6 Å². The Hall–Kier alpha value is -1.94. The molecule has 2 aromatic rings. The van der Waals surface area contributed by atoms with Crippen molar-refractivity contribution in [2.24, 2.45) is 5.73 Å². The van der Waals surface area contributed by atoms with Gasteiger partial charge in [-0.15, -0.1) is 0 Å². The minimum Gasteiger partial charge on any atom is -0.330 e. The highest BCUT2D eigenvalue weighted by Crippen LogP contribution is 2.11. The van der Waals surface area contributed by atoms with Gasteiger partial charge in [0.2, 0.25) is 5.95 Å². The van der Waals surface area contributed by atoms with Gasteiger partial charge in [0.25, 0.3) is 0 Å². The number of rotatable bonds is 4. The highest BCUT2D eigenvalue weighted by Gasteiger charge is 1.97. The summed E-state index contributed by atoms with van der Waals surface area (Å²) in [6.45, 7) is 0.620. The first-order valence-corrected chi connectivity index (χ1v) is 5.21. The zero-order chi connectivity index (χ0) is 11.2. The normalized spacial score (nSPS) is 10.1. The van der Waals surface area contributed by atoms with E-state index in [0.29, 0.717) is 12.5 Å². The summed E-state index contributed by atoms with van der Waals surface area (Å²) in [5.41, 5.74) is 7.49. The molecular formula is C12H14N4. The van der Waals surface area contributed by atoms with Crippen molar-refractivity contribution >= 4 is 11.6 Å². The molecule has 0 bridgehead atoms. The molecule has 1 aromatic heterocycles. The van der Waals surface area contributed by atoms with Gasteiger partial charge in [0.15, 0.2) is 0 Å². The molecule has 0 aliphatic carbocycles. The minimum atomic E-state index is 0.604. The molecular weight excluding hydrogens is 200 g/mol. The van der Waals surface area contributed by atoms with Gasteiger partial charge in [-0.05, 0) is 30.7 Å². The second-order valence-corrected chi connectivity index (χ2v) is 3.44. The number of nitrogens with zero attached hydrogens (tertiary/aromatic N) is 2. The van der Waals surface area contributed by atoms with Crippen molar-refractivity contribution in [3.63, 3.8) is 0 Å². The lowest BCUT2D eigenvalue weighted by atomic mass is 10.2. The van der Waals surface area contributed by atoms with Crippen LogP contribution in [-0.4, -0.2) is 16.5 Å². The molecule has 4 nitrogen and oxygen atoms in total. The summed E-state index contributed by atoms with van der Waals surface area (Å²) in [6.07, 6.45) is 4.40. The van der Waals surface area contributed by atoms with Gasteiger partial charge in [-0.1, -0.05) is 18.2 Å². The largest absolute Gasteiger partial charge is 0.330 e. The third-order valence-corrected chi connectivity index (χ3v) is 2.17. The first-order valence-electron chi connectivity index (χ1n) is 5.21. The van der Waals surface area contributed by atoms with Crippen molar-refractivity contribution in [1.29, 1.82) is 0 Å². The van der Waals surface area contributed by atoms with Gasteiger partial charge in [0.05, 0.1) is 0 Å². The molecule has 0 radical (unpaired) electrons. The van der Waals surface area contributed by atoms with E-state index < -0.39 is 0 Å². The number of para-hydroxylation sites is 1. The van der Waals surface area contributed by atoms with Crippen LogP contribution in [0.15, 0.2) is 42.7 Å². The summed E-state index contributed by atoms with van der Waals surface area (Å²) >= 11 is 0. The zero-order valence-corrected chi connectivity index (χ0v) is 8.93. The van der Waals surface area contributed by atoms with Gasteiger partial charge in [0, 0.05) is 18.1 Å². The van der Waals surface area contributed by atoms with Crippen molar-refractivity contribution in [2.75, 3.05) is 11.9 Å². The zero-order valence-electron chi connectivity index (χ0n) is 8.93. The molecule has 2 rings (SSSR count). The van der Waals surface area contributed by atoms with Gasteiger partial charge in [-0.25, -0.2) is 9.97 Å². The number of nitrogens with one attached hydrogen (secondary N) is 1. The van der Waals surface area contributed by atoms with Crippen LogP contribution in [0, 0.1) is 0 Å². The topological polar surface area (TPSA) is 63.8 Å². The second-order valence-electron chi connectivity index (χ2n) is 3.44. The Balaban J connectivity index is 2.05. The summed E-state index contributed by atoms with van der Waals surface area (Å²) in [4.78, 5) is 8.43. The number of hydrogen-bond acceptors (Lipinski definition) is 4. The fourth-order valence-electron chi connectivity index (χ4n) is 1.37. The third kappa shape index (κ3) is 2.77. The fraction of sp³-hybridized carbons (Fsp3) is 0.167. The van der Waals surface area contributed by atoms with Gasteiger partial charge in [-0.2, -0.15) is 0 Å². The molecule has 0 aliphatic rings. The quantitative estimate of drug-likeness (QED) is 0.813. The Bertz CT molecular complexity index is 425. The maximum atomic E-state index is 5.45. The fourth-order valence-corrected chi connectivity index (χ4v) is 1.37. The van der Waals surface area contributed by atoms with Crippen molar-refractivity contribution < 1.29 is 0 Å². The summed E-state index contributed by atoms with van der Waals surface area (Å²) in [7, 11) is 0. The maximum absolute atomic E-state index is 5.45. The first-order chi connectivity index (χ1) is 7.88. The number of anilines is 2. The average molecular weight is 214 g/mol. The van der Waals surface area contributed by atoms with Crippen LogP contribution < -0.4 is 11.1 Å². The van der Waals surface area contributed by atoms with E-state index in [1.165, 1.54) is 0 Å². The summed E-state index contributed by atoms with van der Waals surface area (Å²) in [5, 5.41) is 3.12. The molecule has 0 aliphatic heterocycles. The molecule has 82 valence electrons. The van der Waals surface area contributed by atoms with E-state index in [0.717, 1.165) is 17.7 Å². The molecule has 0 spiro atoms. The number of aromatic nitrogens is 2. The number of hydrogen-bond donors (Lipinski definition) is 2. The van der Waals surface area contributed by atoms with Crippen LogP contribution in [0.2, 0.25) is 0 Å². The summed E-state index contributed by atoms with van der Waals surface area (Å²) in [5.74, 6) is 0.604. The van der Waals surface area contributed by atoms with Gasteiger partial charge < -0.3 is 11.1 Å². The molecule has 1 aromatic carbocycles. The SMILES string of the molecule is NCCc1cnc(Nc2ccccc2)nc1. The second kappa shape index (κ2) is 5.23. The number of nitrogens with two attached hydrogens (primary N) is 1. The first kappa shape index (κ1) is 10.6. The molecule has 16 heavy (non-hydrogen) atoms. The van der Waals surface area contributed by atoms with Crippen LogP contribution in [0.25, 0.3) is 0 Å². The molecule has 1 heterocycles. The summed E-state index contributed by atoms with van der Waals surface area (Å²) < 4.78 is 0. The molecule has 0 atom stereocenters. The standard InChI is InChI=1S/C12H14N4/c13-7-6-10-8-14-12(15-9-10)16-11-4-2-1-3-5-11/h1-5,8-9H,6-7,13H2,(H,14,15,16). The van der Waals surface area contributed by atoms with Crippen LogP contribution in [0.5, 0.6) is 0 Å². The van der Waals surface area contributed by atoms with Crippen LogP contribution >= 0.6 is 0 Å². The smallest absolute Gasteiger partial charge is 0.227 e. The third-order valence-electron chi connectivity index (χ3n) is 2.17. The van der Waals surface area contributed by atoms with Crippen molar-refractivity contribution in [3.05, 3.63) is 48.3 Å². The lowest BCUT2D eigenvalue weighted by Crippen LogP contribution is -2.04. The lowest BCUT2D eigenvalue weighted by Gasteiger charge is -2.04. The van der Waals surface area contributed by atoms with Crippen molar-refractivity contribution in [3.8, 4) is 0 Å². The molecule has 0 fully saturated rings. The summed E-state index contributed by atoms with van der Waals surface area (Å²) in [6, 6.07) is 9.83. The van der Waals surface area contributed by atoms with Gasteiger partial charge in [-0.3, -0.25) is 0 Å². The highest BCUT2D eigenvalue weighted by molar-refractivity contribution is 5.52. The molecule has 0 amide bonds. The minimum absolute atomic E-state index is 0.604. The van der Waals surface area contributed by atoms with E-state index in [1.807, 2.05) is 30.3 Å². The van der Waals surface area contributed by atoms with E-state index in [4.69, 9.17) is 5.73 Å². The van der Waals surface area contributed by atoms with E-state index in [1.54, 1.807) is 12.4 Å². The van der Waals surface area contributed by atoms with E-state index in [-0.39, 0.29) is 0 Å². The molecule has 0 saturated heterocycles.